The predicted octanol–water partition coefficient (Wildman–Crippen LogP) is 5.02. The summed E-state index contributed by atoms with van der Waals surface area (Å²) in [5.41, 5.74) is 5.76. The lowest BCUT2D eigenvalue weighted by atomic mass is 10.1. The molecule has 0 bridgehead atoms. The maximum Gasteiger partial charge on any atom is 0.239 e. The summed E-state index contributed by atoms with van der Waals surface area (Å²) in [6.45, 7) is 2.00. The number of rotatable bonds is 7. The lowest BCUT2D eigenvalue weighted by molar-refractivity contribution is 0.467. The van der Waals surface area contributed by atoms with E-state index in [0.717, 1.165) is 71.1 Å². The van der Waals surface area contributed by atoms with Crippen molar-refractivity contribution in [3.8, 4) is 22.2 Å². The standard InChI is InChI=1S/C26H25N7OS/c1-2-6-21-20(5-1)31-23(32-21)14-17-7-9-19(10-8-17)34-25-24(35-16-29-25)22-11-13-28-26(33-22)30-18-4-3-12-27-15-18/h1-2,5-11,13,16,18,27H,3-4,12,14-15H2,(H,31,32)(H,28,30,33). The Morgan fingerprint density at radius 3 is 2.80 bits per heavy atom. The molecule has 0 saturated carbocycles. The first-order valence-electron chi connectivity index (χ1n) is 11.7. The number of fused-ring (bicyclic) bond motifs is 1. The zero-order valence-electron chi connectivity index (χ0n) is 19.1. The van der Waals surface area contributed by atoms with Gasteiger partial charge in [-0.1, -0.05) is 24.3 Å². The zero-order chi connectivity index (χ0) is 23.5. The van der Waals surface area contributed by atoms with Gasteiger partial charge in [0.15, 0.2) is 0 Å². The van der Waals surface area contributed by atoms with Gasteiger partial charge in [-0.15, -0.1) is 11.3 Å². The fourth-order valence-corrected chi connectivity index (χ4v) is 4.94. The number of H-pyrrole nitrogens is 1. The number of hydrogen-bond donors (Lipinski definition) is 3. The van der Waals surface area contributed by atoms with E-state index >= 15 is 0 Å². The van der Waals surface area contributed by atoms with Crippen LogP contribution in [0.3, 0.4) is 0 Å². The third kappa shape index (κ3) is 5.01. The Kier molecular flexibility index (Phi) is 6.08. The Bertz CT molecular complexity index is 1390. The van der Waals surface area contributed by atoms with E-state index in [9.17, 15) is 0 Å². The summed E-state index contributed by atoms with van der Waals surface area (Å²) in [5.74, 6) is 2.85. The summed E-state index contributed by atoms with van der Waals surface area (Å²) >= 11 is 1.50. The van der Waals surface area contributed by atoms with Crippen LogP contribution in [0.25, 0.3) is 21.6 Å². The van der Waals surface area contributed by atoms with Crippen molar-refractivity contribution in [1.29, 1.82) is 0 Å². The minimum absolute atomic E-state index is 0.342. The molecule has 9 heteroatoms. The molecule has 0 spiro atoms. The molecule has 0 amide bonds. The van der Waals surface area contributed by atoms with Crippen LogP contribution in [0.2, 0.25) is 0 Å². The number of thiazole rings is 1. The van der Waals surface area contributed by atoms with Gasteiger partial charge in [0, 0.05) is 25.2 Å². The summed E-state index contributed by atoms with van der Waals surface area (Å²) < 4.78 is 6.13. The van der Waals surface area contributed by atoms with E-state index < -0.39 is 0 Å². The van der Waals surface area contributed by atoms with E-state index in [2.05, 4.69) is 42.7 Å². The molecule has 176 valence electrons. The van der Waals surface area contributed by atoms with Crippen LogP contribution in [0, 0.1) is 0 Å². The molecule has 4 heterocycles. The molecule has 1 saturated heterocycles. The monoisotopic (exact) mass is 483 g/mol. The molecular formula is C26H25N7OS. The highest BCUT2D eigenvalue weighted by Crippen LogP contribution is 2.35. The van der Waals surface area contributed by atoms with Crippen LogP contribution < -0.4 is 15.4 Å². The van der Waals surface area contributed by atoms with E-state index in [1.807, 2.05) is 42.5 Å². The molecule has 1 fully saturated rings. The SMILES string of the molecule is c1ccc2[nH]c(Cc3ccc(Oc4ncsc4-c4ccnc(NC5CCCNC5)n4)cc3)nc2c1. The number of aromatic amines is 1. The Hall–Kier alpha value is -3.82. The van der Waals surface area contributed by atoms with Gasteiger partial charge in [0.05, 0.1) is 22.2 Å². The van der Waals surface area contributed by atoms with Crippen LogP contribution in [0.15, 0.2) is 66.3 Å². The fourth-order valence-electron chi connectivity index (χ4n) is 4.26. The van der Waals surface area contributed by atoms with Crippen molar-refractivity contribution in [1.82, 2.24) is 30.2 Å². The van der Waals surface area contributed by atoms with Crippen molar-refractivity contribution in [2.45, 2.75) is 25.3 Å². The molecule has 1 aliphatic rings. The van der Waals surface area contributed by atoms with Crippen LogP contribution >= 0.6 is 11.3 Å². The average Bonchev–Trinajstić information content (AvgIpc) is 3.52. The van der Waals surface area contributed by atoms with E-state index in [1.165, 1.54) is 11.3 Å². The molecule has 3 aromatic heterocycles. The van der Waals surface area contributed by atoms with Gasteiger partial charge in [-0.3, -0.25) is 0 Å². The molecule has 1 atom stereocenters. The van der Waals surface area contributed by atoms with Crippen molar-refractivity contribution in [3.63, 3.8) is 0 Å². The average molecular weight is 484 g/mol. The first kappa shape index (κ1) is 21.7. The van der Waals surface area contributed by atoms with Crippen molar-refractivity contribution >= 4 is 28.3 Å². The Balaban J connectivity index is 1.15. The van der Waals surface area contributed by atoms with Crippen molar-refractivity contribution in [2.75, 3.05) is 18.4 Å². The number of nitrogens with one attached hydrogen (secondary N) is 3. The topological polar surface area (TPSA) is 101 Å². The molecule has 0 aliphatic carbocycles. The van der Waals surface area contributed by atoms with Gasteiger partial charge in [0.1, 0.15) is 16.5 Å². The highest BCUT2D eigenvalue weighted by molar-refractivity contribution is 7.13. The summed E-state index contributed by atoms with van der Waals surface area (Å²) in [6, 6.07) is 18.3. The lowest BCUT2D eigenvalue weighted by Crippen LogP contribution is -2.38. The second kappa shape index (κ2) is 9.81. The van der Waals surface area contributed by atoms with Gasteiger partial charge in [0.25, 0.3) is 0 Å². The highest BCUT2D eigenvalue weighted by Gasteiger charge is 2.17. The number of ether oxygens (including phenoxy) is 1. The van der Waals surface area contributed by atoms with Gasteiger partial charge in [0.2, 0.25) is 11.8 Å². The largest absolute Gasteiger partial charge is 0.438 e. The molecule has 2 aromatic carbocycles. The van der Waals surface area contributed by atoms with Crippen LogP contribution in [0.1, 0.15) is 24.2 Å². The minimum atomic E-state index is 0.342. The number of benzene rings is 2. The fraction of sp³-hybridized carbons (Fsp3) is 0.231. The van der Waals surface area contributed by atoms with Crippen LogP contribution in [-0.2, 0) is 6.42 Å². The van der Waals surface area contributed by atoms with Gasteiger partial charge >= 0.3 is 0 Å². The summed E-state index contributed by atoms with van der Waals surface area (Å²) in [4.78, 5) is 22.5. The van der Waals surface area contributed by atoms with Crippen LogP contribution in [-0.4, -0.2) is 44.1 Å². The highest BCUT2D eigenvalue weighted by atomic mass is 32.1. The number of anilines is 1. The van der Waals surface area contributed by atoms with Gasteiger partial charge in [-0.2, -0.15) is 0 Å². The number of nitrogens with zero attached hydrogens (tertiary/aromatic N) is 4. The molecule has 8 nitrogen and oxygen atoms in total. The minimum Gasteiger partial charge on any atom is -0.438 e. The molecular weight excluding hydrogens is 458 g/mol. The summed E-state index contributed by atoms with van der Waals surface area (Å²) in [7, 11) is 0. The second-order valence-corrected chi connectivity index (χ2v) is 9.42. The lowest BCUT2D eigenvalue weighted by Gasteiger charge is -2.23. The first-order chi connectivity index (χ1) is 17.3. The number of piperidine rings is 1. The van der Waals surface area contributed by atoms with Gasteiger partial charge in [-0.25, -0.2) is 19.9 Å². The quantitative estimate of drug-likeness (QED) is 0.299. The molecule has 1 unspecified atom stereocenters. The Labute approximate surface area is 206 Å². The third-order valence-corrected chi connectivity index (χ3v) is 6.83. The van der Waals surface area contributed by atoms with Crippen LogP contribution in [0.4, 0.5) is 5.95 Å². The second-order valence-electron chi connectivity index (χ2n) is 8.56. The molecule has 1 aliphatic heterocycles. The molecule has 35 heavy (non-hydrogen) atoms. The first-order valence-corrected chi connectivity index (χ1v) is 12.6. The van der Waals surface area contributed by atoms with Crippen LogP contribution in [0.5, 0.6) is 11.6 Å². The molecule has 3 N–H and O–H groups in total. The molecule has 0 radical (unpaired) electrons. The summed E-state index contributed by atoms with van der Waals surface area (Å²) in [6.07, 6.45) is 4.77. The molecule has 5 aromatic rings. The third-order valence-electron chi connectivity index (χ3n) is 6.00. The number of hydrogen-bond acceptors (Lipinski definition) is 8. The number of aromatic nitrogens is 5. The van der Waals surface area contributed by atoms with E-state index in [-0.39, 0.29) is 0 Å². The normalized spacial score (nSPS) is 15.8. The molecule has 6 rings (SSSR count). The van der Waals surface area contributed by atoms with Crippen molar-refractivity contribution in [3.05, 3.63) is 77.7 Å². The van der Waals surface area contributed by atoms with Gasteiger partial charge in [-0.05, 0) is 55.3 Å². The summed E-state index contributed by atoms with van der Waals surface area (Å²) in [5, 5.41) is 6.84. The predicted molar refractivity (Wildman–Crippen MR) is 138 cm³/mol. The Morgan fingerprint density at radius 2 is 1.94 bits per heavy atom. The van der Waals surface area contributed by atoms with E-state index in [0.29, 0.717) is 17.9 Å². The van der Waals surface area contributed by atoms with E-state index in [1.54, 1.807) is 11.7 Å². The maximum atomic E-state index is 6.13. The number of imidazole rings is 1. The van der Waals surface area contributed by atoms with Crippen molar-refractivity contribution < 1.29 is 4.74 Å². The van der Waals surface area contributed by atoms with Gasteiger partial charge < -0.3 is 20.4 Å². The Morgan fingerprint density at radius 1 is 1.03 bits per heavy atom. The van der Waals surface area contributed by atoms with Crippen molar-refractivity contribution in [2.24, 2.45) is 0 Å². The number of para-hydroxylation sites is 2. The van der Waals surface area contributed by atoms with E-state index in [4.69, 9.17) is 9.72 Å². The maximum absolute atomic E-state index is 6.13. The zero-order valence-corrected chi connectivity index (χ0v) is 19.9. The smallest absolute Gasteiger partial charge is 0.239 e.